The number of imidazole rings is 1. The van der Waals surface area contributed by atoms with E-state index in [4.69, 9.17) is 4.74 Å². The maximum absolute atomic E-state index is 10.8. The van der Waals surface area contributed by atoms with Gasteiger partial charge in [0.15, 0.2) is 0 Å². The number of carbonyl (C=O) groups excluding carboxylic acids is 1. The molecule has 0 bridgehead atoms. The molecule has 5 nitrogen and oxygen atoms in total. The molecule has 0 aliphatic rings. The van der Waals surface area contributed by atoms with Crippen LogP contribution < -0.4 is 0 Å². The first-order valence-corrected chi connectivity index (χ1v) is 3.93. The summed E-state index contributed by atoms with van der Waals surface area (Å²) in [6, 6.07) is 0. The molecule has 1 aromatic heterocycles. The van der Waals surface area contributed by atoms with E-state index in [1.165, 1.54) is 7.11 Å². The molecule has 1 aromatic rings. The number of hydrogen-bond acceptors (Lipinski definition) is 4. The Morgan fingerprint density at radius 2 is 2.46 bits per heavy atom. The lowest BCUT2D eigenvalue weighted by Gasteiger charge is -2.03. The monoisotopic (exact) mass is 184 g/mol. The highest BCUT2D eigenvalue weighted by Crippen LogP contribution is 1.87. The molecule has 0 saturated carbocycles. The fourth-order valence-corrected chi connectivity index (χ4v) is 0.843. The summed E-state index contributed by atoms with van der Waals surface area (Å²) in [5.41, 5.74) is 0. The molecular weight excluding hydrogens is 172 g/mol. The van der Waals surface area contributed by atoms with Gasteiger partial charge in [0.2, 0.25) is 0 Å². The summed E-state index contributed by atoms with van der Waals surface area (Å²) >= 11 is 0. The van der Waals surface area contributed by atoms with Crippen LogP contribution in [0.15, 0.2) is 18.7 Å². The lowest BCUT2D eigenvalue weighted by molar-refractivity contribution is -0.148. The van der Waals surface area contributed by atoms with E-state index in [1.807, 2.05) is 10.8 Å². The summed E-state index contributed by atoms with van der Waals surface area (Å²) < 4.78 is 11.3. The van der Waals surface area contributed by atoms with Gasteiger partial charge in [-0.05, 0) is 0 Å². The number of nitrogens with zero attached hydrogens (tertiary/aromatic N) is 2. The van der Waals surface area contributed by atoms with Gasteiger partial charge in [-0.15, -0.1) is 0 Å². The molecule has 0 spiro atoms. The molecule has 72 valence electrons. The van der Waals surface area contributed by atoms with Gasteiger partial charge in [-0.2, -0.15) is 0 Å². The van der Waals surface area contributed by atoms with Crippen molar-refractivity contribution in [1.29, 1.82) is 0 Å². The van der Waals surface area contributed by atoms with E-state index in [0.29, 0.717) is 13.2 Å². The van der Waals surface area contributed by atoms with Crippen molar-refractivity contribution >= 4 is 5.97 Å². The van der Waals surface area contributed by atoms with Crippen molar-refractivity contribution in [3.8, 4) is 0 Å². The van der Waals surface area contributed by atoms with E-state index >= 15 is 0 Å². The Morgan fingerprint density at radius 1 is 1.62 bits per heavy atom. The van der Waals surface area contributed by atoms with Crippen LogP contribution in [0.3, 0.4) is 0 Å². The molecule has 1 heterocycles. The van der Waals surface area contributed by atoms with E-state index in [-0.39, 0.29) is 12.6 Å². The topological polar surface area (TPSA) is 53.4 Å². The summed E-state index contributed by atoms with van der Waals surface area (Å²) in [6.45, 7) is 0.970. The minimum Gasteiger partial charge on any atom is -0.462 e. The summed E-state index contributed by atoms with van der Waals surface area (Å²) in [6.07, 6.45) is 5.16. The minimum atomic E-state index is -0.345. The van der Waals surface area contributed by atoms with Crippen LogP contribution in [0.5, 0.6) is 0 Å². The first kappa shape index (κ1) is 9.73. The number of carbonyl (C=O) groups is 1. The molecule has 0 unspecified atom stereocenters. The third-order valence-corrected chi connectivity index (χ3v) is 1.43. The highest BCUT2D eigenvalue weighted by atomic mass is 16.6. The molecular formula is C8H12N2O3. The van der Waals surface area contributed by atoms with Crippen LogP contribution in [0.1, 0.15) is 0 Å². The fraction of sp³-hybridized carbons (Fsp3) is 0.500. The summed E-state index contributed by atoms with van der Waals surface area (Å²) in [5.74, 6) is -0.345. The highest BCUT2D eigenvalue weighted by molar-refractivity contribution is 5.70. The van der Waals surface area contributed by atoms with E-state index < -0.39 is 0 Å². The van der Waals surface area contributed by atoms with Gasteiger partial charge in [-0.3, -0.25) is 0 Å². The lowest BCUT2D eigenvalue weighted by Crippen LogP contribution is -2.14. The third kappa shape index (κ3) is 3.71. The number of rotatable bonds is 5. The first-order valence-electron chi connectivity index (χ1n) is 3.93. The third-order valence-electron chi connectivity index (χ3n) is 1.43. The van der Waals surface area contributed by atoms with Gasteiger partial charge in [-0.1, -0.05) is 0 Å². The molecule has 0 saturated heterocycles. The van der Waals surface area contributed by atoms with Crippen LogP contribution in [-0.2, 0) is 20.8 Å². The average molecular weight is 184 g/mol. The molecule has 0 aliphatic carbocycles. The summed E-state index contributed by atoms with van der Waals surface area (Å²) in [7, 11) is 1.46. The van der Waals surface area contributed by atoms with Crippen molar-refractivity contribution in [2.45, 2.75) is 6.54 Å². The van der Waals surface area contributed by atoms with E-state index in [1.54, 1.807) is 12.5 Å². The Bertz CT molecular complexity index is 246. The van der Waals surface area contributed by atoms with Crippen LogP contribution in [-0.4, -0.2) is 35.8 Å². The molecule has 0 fully saturated rings. The largest absolute Gasteiger partial charge is 0.462 e. The minimum absolute atomic E-state index is 0.00390. The fourth-order valence-electron chi connectivity index (χ4n) is 0.843. The zero-order chi connectivity index (χ0) is 9.52. The Balaban J connectivity index is 2.11. The average Bonchev–Trinajstić information content (AvgIpc) is 2.57. The quantitative estimate of drug-likeness (QED) is 0.608. The van der Waals surface area contributed by atoms with Crippen LogP contribution >= 0.6 is 0 Å². The van der Waals surface area contributed by atoms with Crippen LogP contribution in [0.4, 0.5) is 0 Å². The Labute approximate surface area is 76.3 Å². The predicted molar refractivity (Wildman–Crippen MR) is 45.1 cm³/mol. The van der Waals surface area contributed by atoms with E-state index in [9.17, 15) is 4.79 Å². The number of esters is 1. The van der Waals surface area contributed by atoms with Gasteiger partial charge < -0.3 is 14.0 Å². The first-order chi connectivity index (χ1) is 6.33. The molecule has 0 N–H and O–H groups in total. The number of ether oxygens (including phenoxy) is 2. The maximum Gasteiger partial charge on any atom is 0.332 e. The Morgan fingerprint density at radius 3 is 3.08 bits per heavy atom. The normalized spacial score (nSPS) is 9.92. The SMILES string of the molecule is COCC(=O)OCCn1ccnc1. The van der Waals surface area contributed by atoms with Gasteiger partial charge in [0, 0.05) is 19.5 Å². The van der Waals surface area contributed by atoms with E-state index in [2.05, 4.69) is 9.72 Å². The van der Waals surface area contributed by atoms with Crippen molar-refractivity contribution in [2.75, 3.05) is 20.3 Å². The zero-order valence-corrected chi connectivity index (χ0v) is 7.47. The van der Waals surface area contributed by atoms with Crippen molar-refractivity contribution in [2.24, 2.45) is 0 Å². The van der Waals surface area contributed by atoms with Crippen LogP contribution in [0, 0.1) is 0 Å². The molecule has 5 heteroatoms. The van der Waals surface area contributed by atoms with E-state index in [0.717, 1.165) is 0 Å². The van der Waals surface area contributed by atoms with Crippen molar-refractivity contribution < 1.29 is 14.3 Å². The van der Waals surface area contributed by atoms with Crippen molar-refractivity contribution in [3.63, 3.8) is 0 Å². The standard InChI is InChI=1S/C8H12N2O3/c1-12-6-8(11)13-5-4-10-3-2-9-7-10/h2-3,7H,4-6H2,1H3. The molecule has 13 heavy (non-hydrogen) atoms. The molecule has 0 radical (unpaired) electrons. The number of methoxy groups -OCH3 is 1. The van der Waals surface area contributed by atoms with Gasteiger partial charge in [0.25, 0.3) is 0 Å². The lowest BCUT2D eigenvalue weighted by atomic mass is 10.6. The predicted octanol–water partition coefficient (Wildman–Crippen LogP) is 0.0727. The number of aromatic nitrogens is 2. The Hall–Kier alpha value is -1.36. The molecule has 1 rings (SSSR count). The second kappa shape index (κ2) is 5.31. The molecule has 0 atom stereocenters. The van der Waals surface area contributed by atoms with Crippen LogP contribution in [0.2, 0.25) is 0 Å². The smallest absolute Gasteiger partial charge is 0.332 e. The second-order valence-electron chi connectivity index (χ2n) is 2.45. The number of hydrogen-bond donors (Lipinski definition) is 0. The highest BCUT2D eigenvalue weighted by Gasteiger charge is 2.00. The summed E-state index contributed by atoms with van der Waals surface area (Å²) in [5, 5.41) is 0. The van der Waals surface area contributed by atoms with Gasteiger partial charge in [-0.25, -0.2) is 9.78 Å². The van der Waals surface area contributed by atoms with Crippen molar-refractivity contribution in [3.05, 3.63) is 18.7 Å². The zero-order valence-electron chi connectivity index (χ0n) is 7.47. The molecule has 0 aliphatic heterocycles. The van der Waals surface area contributed by atoms with Crippen LogP contribution in [0.25, 0.3) is 0 Å². The van der Waals surface area contributed by atoms with Gasteiger partial charge in [0.05, 0.1) is 12.9 Å². The van der Waals surface area contributed by atoms with Crippen molar-refractivity contribution in [1.82, 2.24) is 9.55 Å². The summed E-state index contributed by atoms with van der Waals surface area (Å²) in [4.78, 5) is 14.7. The van der Waals surface area contributed by atoms with Gasteiger partial charge in [0.1, 0.15) is 13.2 Å². The second-order valence-corrected chi connectivity index (χ2v) is 2.45. The molecule has 0 aromatic carbocycles. The Kier molecular flexibility index (Phi) is 3.98. The molecule has 0 amide bonds. The maximum atomic E-state index is 10.8. The van der Waals surface area contributed by atoms with Gasteiger partial charge >= 0.3 is 5.97 Å².